The van der Waals surface area contributed by atoms with E-state index < -0.39 is 11.6 Å². The largest absolute Gasteiger partial charge is 0.519 e. The lowest BCUT2D eigenvalue weighted by atomic mass is 10.3. The highest BCUT2D eigenvalue weighted by molar-refractivity contribution is 14.1. The Labute approximate surface area is 98.4 Å². The van der Waals surface area contributed by atoms with Crippen molar-refractivity contribution in [1.29, 1.82) is 0 Å². The van der Waals surface area contributed by atoms with Gasteiger partial charge in [-0.25, -0.2) is 9.18 Å². The van der Waals surface area contributed by atoms with E-state index in [-0.39, 0.29) is 11.2 Å². The molecule has 0 aliphatic carbocycles. The Morgan fingerprint density at radius 2 is 2.07 bits per heavy atom. The number of hydrogen-bond acceptors (Lipinski definition) is 3. The van der Waals surface area contributed by atoms with Crippen LogP contribution in [0.15, 0.2) is 31.8 Å². The monoisotopic (exact) mass is 320 g/mol. The third-order valence-corrected chi connectivity index (χ3v) is 1.94. The van der Waals surface area contributed by atoms with Crippen molar-refractivity contribution in [3.05, 3.63) is 34.6 Å². The SMILES string of the molecule is CC#CI.O=c1oc2cccc(F)c2o1. The van der Waals surface area contributed by atoms with E-state index in [1.54, 1.807) is 0 Å². The zero-order chi connectivity index (χ0) is 11.3. The lowest BCUT2D eigenvalue weighted by Gasteiger charge is -1.83. The minimum Gasteiger partial charge on any atom is -0.391 e. The van der Waals surface area contributed by atoms with Gasteiger partial charge in [-0.15, -0.1) is 0 Å². The summed E-state index contributed by atoms with van der Waals surface area (Å²) < 4.78 is 24.2. The highest BCUT2D eigenvalue weighted by Gasteiger charge is 2.06. The Morgan fingerprint density at radius 3 is 2.60 bits per heavy atom. The number of para-hydroxylation sites is 1. The van der Waals surface area contributed by atoms with Gasteiger partial charge in [-0.05, 0) is 23.0 Å². The third kappa shape index (κ3) is 3.09. The van der Waals surface area contributed by atoms with Gasteiger partial charge in [0.1, 0.15) is 0 Å². The molecule has 0 aliphatic heterocycles. The molecule has 1 heterocycles. The summed E-state index contributed by atoms with van der Waals surface area (Å²) in [5.41, 5.74) is 0.00694. The number of fused-ring (bicyclic) bond motifs is 1. The Bertz CT molecular complexity index is 553. The van der Waals surface area contributed by atoms with Crippen LogP contribution in [0, 0.1) is 15.7 Å². The molecule has 0 saturated heterocycles. The number of rotatable bonds is 0. The lowest BCUT2D eigenvalue weighted by molar-refractivity contribution is 0.405. The van der Waals surface area contributed by atoms with Gasteiger partial charge in [0.05, 0.1) is 0 Å². The minimum absolute atomic E-state index is 0.127. The molecule has 0 spiro atoms. The maximum absolute atomic E-state index is 12.7. The molecule has 0 unspecified atom stereocenters. The topological polar surface area (TPSA) is 43.4 Å². The standard InChI is InChI=1S/C7H3FO3.C3H3I/c8-4-2-1-3-5-6(4)11-7(9)10-5;1-2-3-4/h1-3H;1H3. The molecular formula is C10H6FIO3. The van der Waals surface area contributed by atoms with Crippen LogP contribution in [-0.4, -0.2) is 0 Å². The molecular weight excluding hydrogens is 314 g/mol. The molecule has 0 N–H and O–H groups in total. The Morgan fingerprint density at radius 1 is 1.40 bits per heavy atom. The van der Waals surface area contributed by atoms with Crippen LogP contribution >= 0.6 is 22.6 Å². The summed E-state index contributed by atoms with van der Waals surface area (Å²) in [4.78, 5) is 10.4. The van der Waals surface area contributed by atoms with Crippen molar-refractivity contribution in [3.63, 3.8) is 0 Å². The van der Waals surface area contributed by atoms with Crippen molar-refractivity contribution in [1.82, 2.24) is 0 Å². The number of halogens is 2. The van der Waals surface area contributed by atoms with Crippen molar-refractivity contribution >= 4 is 33.8 Å². The number of benzene rings is 1. The van der Waals surface area contributed by atoms with Crippen LogP contribution in [0.3, 0.4) is 0 Å². The smallest absolute Gasteiger partial charge is 0.391 e. The van der Waals surface area contributed by atoms with E-state index in [2.05, 4.69) is 18.7 Å². The second-order valence-corrected chi connectivity index (χ2v) is 2.91. The maximum Gasteiger partial charge on any atom is 0.519 e. The normalized spacial score (nSPS) is 8.73. The molecule has 0 amide bonds. The van der Waals surface area contributed by atoms with Gasteiger partial charge in [-0.2, -0.15) is 0 Å². The van der Waals surface area contributed by atoms with Gasteiger partial charge in [0.15, 0.2) is 11.4 Å². The summed E-state index contributed by atoms with van der Waals surface area (Å²) in [5, 5.41) is 0. The highest BCUT2D eigenvalue weighted by Crippen LogP contribution is 2.14. The average Bonchev–Trinajstić information content (AvgIpc) is 2.61. The van der Waals surface area contributed by atoms with Gasteiger partial charge >= 0.3 is 5.82 Å². The minimum atomic E-state index is -0.884. The molecule has 78 valence electrons. The van der Waals surface area contributed by atoms with E-state index >= 15 is 0 Å². The van der Waals surface area contributed by atoms with E-state index in [4.69, 9.17) is 0 Å². The molecule has 0 atom stereocenters. The third-order valence-electron chi connectivity index (χ3n) is 1.40. The first-order valence-corrected chi connectivity index (χ1v) is 4.97. The van der Waals surface area contributed by atoms with Gasteiger partial charge in [-0.1, -0.05) is 12.0 Å². The fraction of sp³-hybridized carbons (Fsp3) is 0.100. The molecule has 0 saturated carbocycles. The maximum atomic E-state index is 12.7. The zero-order valence-electron chi connectivity index (χ0n) is 7.71. The second-order valence-electron chi connectivity index (χ2n) is 2.37. The predicted octanol–water partition coefficient (Wildman–Crippen LogP) is 2.93. The summed E-state index contributed by atoms with van der Waals surface area (Å²) in [7, 11) is 0. The molecule has 0 aliphatic rings. The molecule has 0 fully saturated rings. The lowest BCUT2D eigenvalue weighted by Crippen LogP contribution is -1.84. The molecule has 15 heavy (non-hydrogen) atoms. The molecule has 5 heteroatoms. The highest BCUT2D eigenvalue weighted by atomic mass is 127. The van der Waals surface area contributed by atoms with Crippen molar-refractivity contribution in [2.24, 2.45) is 0 Å². The Hall–Kier alpha value is -1.29. The van der Waals surface area contributed by atoms with Crippen molar-refractivity contribution in [2.75, 3.05) is 0 Å². The van der Waals surface area contributed by atoms with E-state index in [0.717, 1.165) is 0 Å². The van der Waals surface area contributed by atoms with Crippen LogP contribution in [0.1, 0.15) is 6.92 Å². The number of hydrogen-bond donors (Lipinski definition) is 0. The first-order chi connectivity index (χ1) is 7.19. The molecule has 2 aromatic rings. The van der Waals surface area contributed by atoms with Crippen molar-refractivity contribution in [2.45, 2.75) is 6.92 Å². The van der Waals surface area contributed by atoms with E-state index in [0.29, 0.717) is 0 Å². The summed E-state index contributed by atoms with van der Waals surface area (Å²) in [5.74, 6) is 1.19. The van der Waals surface area contributed by atoms with Gasteiger partial charge in [0.2, 0.25) is 5.58 Å². The molecule has 1 aromatic carbocycles. The van der Waals surface area contributed by atoms with Gasteiger partial charge < -0.3 is 8.83 Å². The molecule has 3 nitrogen and oxygen atoms in total. The summed E-state index contributed by atoms with van der Waals surface area (Å²) in [6.07, 6.45) is 0. The molecule has 1 aromatic heterocycles. The van der Waals surface area contributed by atoms with Crippen molar-refractivity contribution < 1.29 is 13.2 Å². The summed E-state index contributed by atoms with van der Waals surface area (Å²) >= 11 is 1.99. The molecule has 0 radical (unpaired) electrons. The molecule has 0 bridgehead atoms. The van der Waals surface area contributed by atoms with Crippen LogP contribution < -0.4 is 5.82 Å². The predicted molar refractivity (Wildman–Crippen MR) is 62.2 cm³/mol. The fourth-order valence-electron chi connectivity index (χ4n) is 0.862. The van der Waals surface area contributed by atoms with Crippen LogP contribution in [0.4, 0.5) is 4.39 Å². The Kier molecular flexibility index (Phi) is 4.37. The van der Waals surface area contributed by atoms with E-state index in [1.165, 1.54) is 18.2 Å². The van der Waals surface area contributed by atoms with Crippen LogP contribution in [0.25, 0.3) is 11.2 Å². The first kappa shape index (κ1) is 11.8. The van der Waals surface area contributed by atoms with Gasteiger partial charge in [-0.3, -0.25) is 0 Å². The zero-order valence-corrected chi connectivity index (χ0v) is 9.87. The van der Waals surface area contributed by atoms with Gasteiger partial charge in [0.25, 0.3) is 0 Å². The second kappa shape index (κ2) is 5.56. The van der Waals surface area contributed by atoms with E-state index in [9.17, 15) is 9.18 Å². The van der Waals surface area contributed by atoms with Crippen LogP contribution in [0.5, 0.6) is 0 Å². The summed E-state index contributed by atoms with van der Waals surface area (Å²) in [6.45, 7) is 1.81. The first-order valence-electron chi connectivity index (χ1n) is 3.89. The van der Waals surface area contributed by atoms with E-state index in [1.807, 2.05) is 29.5 Å². The van der Waals surface area contributed by atoms with Crippen molar-refractivity contribution in [3.8, 4) is 9.85 Å². The quantitative estimate of drug-likeness (QED) is 0.554. The average molecular weight is 320 g/mol. The Balaban J connectivity index is 0.000000245. The summed E-state index contributed by atoms with van der Waals surface area (Å²) in [6, 6.07) is 4.10. The van der Waals surface area contributed by atoms with Gasteiger partial charge in [0, 0.05) is 22.6 Å². The fourth-order valence-corrected chi connectivity index (χ4v) is 0.862. The van der Waals surface area contributed by atoms with Crippen LogP contribution in [-0.2, 0) is 0 Å². The van der Waals surface area contributed by atoms with Crippen LogP contribution in [0.2, 0.25) is 0 Å². The molecule has 2 rings (SSSR count).